The average molecular weight is 293 g/mol. The van der Waals surface area contributed by atoms with Crippen LogP contribution in [0.5, 0.6) is 11.5 Å². The third-order valence-electron chi connectivity index (χ3n) is 4.81. The third kappa shape index (κ3) is 2.61. The fourth-order valence-electron chi connectivity index (χ4n) is 3.45. The van der Waals surface area contributed by atoms with E-state index in [2.05, 4.69) is 11.9 Å². The summed E-state index contributed by atoms with van der Waals surface area (Å²) in [6.07, 6.45) is 1.33. The Morgan fingerprint density at radius 1 is 1.10 bits per heavy atom. The monoisotopic (exact) mass is 293 g/mol. The van der Waals surface area contributed by atoms with Crippen molar-refractivity contribution in [3.05, 3.63) is 23.8 Å². The number of morpholine rings is 1. The highest BCUT2D eigenvalue weighted by Crippen LogP contribution is 2.42. The van der Waals surface area contributed by atoms with Crippen molar-refractivity contribution in [3.8, 4) is 11.5 Å². The molecule has 2 heterocycles. The van der Waals surface area contributed by atoms with Gasteiger partial charge in [0.1, 0.15) is 11.5 Å². The Bertz CT molecular complexity index is 483. The fraction of sp³-hybridized carbons (Fsp3) is 0.625. The van der Waals surface area contributed by atoms with E-state index in [-0.39, 0.29) is 12.1 Å². The fourth-order valence-corrected chi connectivity index (χ4v) is 3.45. The molecule has 2 unspecified atom stereocenters. The molecule has 116 valence electrons. The molecular weight excluding hydrogens is 270 g/mol. The predicted octanol–water partition coefficient (Wildman–Crippen LogP) is 1.38. The Balaban J connectivity index is 1.95. The lowest BCUT2D eigenvalue weighted by molar-refractivity contribution is -0.137. The largest absolute Gasteiger partial charge is 0.497 e. The lowest BCUT2D eigenvalue weighted by Crippen LogP contribution is -2.59. The zero-order chi connectivity index (χ0) is 15.0. The first kappa shape index (κ1) is 14.6. The third-order valence-corrected chi connectivity index (χ3v) is 4.81. The maximum Gasteiger partial charge on any atom is 0.122 e. The van der Waals surface area contributed by atoms with Crippen molar-refractivity contribution in [2.24, 2.45) is 0 Å². The summed E-state index contributed by atoms with van der Waals surface area (Å²) >= 11 is 0. The molecule has 0 aliphatic carbocycles. The van der Waals surface area contributed by atoms with E-state index in [0.717, 1.165) is 5.56 Å². The Hall–Kier alpha value is -1.30. The van der Waals surface area contributed by atoms with Gasteiger partial charge in [0.25, 0.3) is 0 Å². The Morgan fingerprint density at radius 2 is 1.62 bits per heavy atom. The molecule has 1 aromatic rings. The minimum absolute atomic E-state index is 0.250. The van der Waals surface area contributed by atoms with Crippen molar-refractivity contribution in [3.63, 3.8) is 0 Å². The molecule has 5 heteroatoms. The highest BCUT2D eigenvalue weighted by Gasteiger charge is 2.45. The van der Waals surface area contributed by atoms with Gasteiger partial charge in [0.15, 0.2) is 0 Å². The van der Waals surface area contributed by atoms with Crippen LogP contribution >= 0.6 is 0 Å². The molecule has 5 nitrogen and oxygen atoms in total. The predicted molar refractivity (Wildman–Crippen MR) is 78.8 cm³/mol. The normalized spacial score (nSPS) is 32.8. The summed E-state index contributed by atoms with van der Waals surface area (Å²) in [4.78, 5) is 2.33. The van der Waals surface area contributed by atoms with Gasteiger partial charge in [-0.25, -0.2) is 0 Å². The standard InChI is InChI=1S/C16H23NO4/c1-17-12-7-16(18,8-13(17)10-21-9-12)11-4-14(19-2)6-15(5-11)20-3/h4-6,12-13,18H,7-10H2,1-3H3. The summed E-state index contributed by atoms with van der Waals surface area (Å²) in [5, 5.41) is 11.2. The van der Waals surface area contributed by atoms with Gasteiger partial charge in [0.05, 0.1) is 33.0 Å². The molecule has 1 N–H and O–H groups in total. The second-order valence-corrected chi connectivity index (χ2v) is 6.05. The van der Waals surface area contributed by atoms with E-state index in [4.69, 9.17) is 14.2 Å². The summed E-state index contributed by atoms with van der Waals surface area (Å²) in [6.45, 7) is 1.35. The molecule has 2 aliphatic rings. The zero-order valence-electron chi connectivity index (χ0n) is 12.8. The number of piperidine rings is 1. The smallest absolute Gasteiger partial charge is 0.122 e. The maximum atomic E-state index is 11.2. The van der Waals surface area contributed by atoms with Crippen LogP contribution in [0.25, 0.3) is 0 Å². The molecule has 0 saturated carbocycles. The second kappa shape index (κ2) is 5.48. The number of nitrogens with zero attached hydrogens (tertiary/aromatic N) is 1. The number of hydrogen-bond donors (Lipinski definition) is 1. The van der Waals surface area contributed by atoms with Gasteiger partial charge in [0, 0.05) is 18.2 Å². The number of benzene rings is 1. The van der Waals surface area contributed by atoms with Crippen LogP contribution in [0.3, 0.4) is 0 Å². The molecule has 0 aromatic heterocycles. The minimum atomic E-state index is -0.854. The molecule has 2 fully saturated rings. The Morgan fingerprint density at radius 3 is 2.10 bits per heavy atom. The van der Waals surface area contributed by atoms with Crippen LogP contribution in [0.2, 0.25) is 0 Å². The van der Waals surface area contributed by atoms with Crippen molar-refractivity contribution in [1.82, 2.24) is 4.90 Å². The first-order chi connectivity index (χ1) is 10.1. The molecule has 1 aromatic carbocycles. The van der Waals surface area contributed by atoms with Crippen molar-refractivity contribution in [1.29, 1.82) is 0 Å². The first-order valence-corrected chi connectivity index (χ1v) is 7.31. The van der Waals surface area contributed by atoms with Gasteiger partial charge in [-0.2, -0.15) is 0 Å². The van der Waals surface area contributed by atoms with Crippen LogP contribution in [0.15, 0.2) is 18.2 Å². The molecule has 0 radical (unpaired) electrons. The van der Waals surface area contributed by atoms with Gasteiger partial charge in [-0.05, 0) is 37.6 Å². The number of rotatable bonds is 3. The van der Waals surface area contributed by atoms with E-state index in [1.54, 1.807) is 14.2 Å². The molecule has 2 bridgehead atoms. The summed E-state index contributed by atoms with van der Waals surface area (Å²) < 4.78 is 16.3. The Kier molecular flexibility index (Phi) is 3.82. The van der Waals surface area contributed by atoms with Crippen molar-refractivity contribution < 1.29 is 19.3 Å². The molecule has 3 rings (SSSR count). The summed E-state index contributed by atoms with van der Waals surface area (Å²) in [5.74, 6) is 1.41. The van der Waals surface area contributed by atoms with Crippen LogP contribution < -0.4 is 9.47 Å². The van der Waals surface area contributed by atoms with Crippen LogP contribution in [-0.4, -0.2) is 56.6 Å². The van der Waals surface area contributed by atoms with Crippen molar-refractivity contribution >= 4 is 0 Å². The van der Waals surface area contributed by atoms with Gasteiger partial charge in [-0.15, -0.1) is 0 Å². The summed E-state index contributed by atoms with van der Waals surface area (Å²) in [5.41, 5.74) is 0.0108. The maximum absolute atomic E-state index is 11.2. The van der Waals surface area contributed by atoms with Gasteiger partial charge >= 0.3 is 0 Å². The van der Waals surface area contributed by atoms with Crippen LogP contribution in [-0.2, 0) is 10.3 Å². The number of fused-ring (bicyclic) bond motifs is 2. The topological polar surface area (TPSA) is 51.2 Å². The number of hydrogen-bond acceptors (Lipinski definition) is 5. The van der Waals surface area contributed by atoms with Gasteiger partial charge < -0.3 is 19.3 Å². The first-order valence-electron chi connectivity index (χ1n) is 7.31. The molecule has 21 heavy (non-hydrogen) atoms. The van der Waals surface area contributed by atoms with Gasteiger partial charge in [-0.1, -0.05) is 0 Å². The average Bonchev–Trinajstić information content (AvgIpc) is 2.48. The molecule has 2 saturated heterocycles. The van der Waals surface area contributed by atoms with E-state index in [9.17, 15) is 5.11 Å². The van der Waals surface area contributed by atoms with Crippen LogP contribution in [0, 0.1) is 0 Å². The van der Waals surface area contributed by atoms with Crippen LogP contribution in [0.1, 0.15) is 18.4 Å². The van der Waals surface area contributed by atoms with Gasteiger partial charge in [-0.3, -0.25) is 4.90 Å². The number of aliphatic hydroxyl groups is 1. The van der Waals surface area contributed by atoms with E-state index in [0.29, 0.717) is 37.6 Å². The van der Waals surface area contributed by atoms with E-state index < -0.39 is 5.60 Å². The van der Waals surface area contributed by atoms with Crippen LogP contribution in [0.4, 0.5) is 0 Å². The summed E-state index contributed by atoms with van der Waals surface area (Å²) in [6, 6.07) is 6.14. The second-order valence-electron chi connectivity index (χ2n) is 6.05. The number of ether oxygens (including phenoxy) is 3. The van der Waals surface area contributed by atoms with E-state index in [1.807, 2.05) is 18.2 Å². The van der Waals surface area contributed by atoms with Gasteiger partial charge in [0.2, 0.25) is 0 Å². The molecule has 0 spiro atoms. The number of likely N-dealkylation sites (N-methyl/N-ethyl adjacent to an activating group) is 1. The number of methoxy groups -OCH3 is 2. The minimum Gasteiger partial charge on any atom is -0.497 e. The lowest BCUT2D eigenvalue weighted by Gasteiger charge is -2.50. The SMILES string of the molecule is COc1cc(OC)cc(C2(O)CC3COCC(C2)N3C)c1. The molecule has 0 amide bonds. The quantitative estimate of drug-likeness (QED) is 0.912. The molecule has 2 aliphatic heterocycles. The van der Waals surface area contributed by atoms with Crippen molar-refractivity contribution in [2.45, 2.75) is 30.5 Å². The summed E-state index contributed by atoms with van der Waals surface area (Å²) in [7, 11) is 5.36. The van der Waals surface area contributed by atoms with Crippen molar-refractivity contribution in [2.75, 3.05) is 34.5 Å². The highest BCUT2D eigenvalue weighted by atomic mass is 16.5. The van der Waals surface area contributed by atoms with E-state index in [1.165, 1.54) is 0 Å². The zero-order valence-corrected chi connectivity index (χ0v) is 12.8. The Labute approximate surface area is 125 Å². The lowest BCUT2D eigenvalue weighted by atomic mass is 9.77. The van der Waals surface area contributed by atoms with E-state index >= 15 is 0 Å². The molecular formula is C16H23NO4. The highest BCUT2D eigenvalue weighted by molar-refractivity contribution is 5.41. The molecule has 2 atom stereocenters.